The zero-order valence-corrected chi connectivity index (χ0v) is 13.7. The summed E-state index contributed by atoms with van der Waals surface area (Å²) < 4.78 is 26.2. The Hall–Kier alpha value is -0.620. The van der Waals surface area contributed by atoms with Crippen LogP contribution in [0.4, 0.5) is 0 Å². The SMILES string of the molecule is C=CCOCCOCCOCCOC1O[C@H](CO)[C@@H](O)[C@H](O)[C@H]1O. The van der Waals surface area contributed by atoms with Crippen molar-refractivity contribution in [3.63, 3.8) is 0 Å². The third-order valence-corrected chi connectivity index (χ3v) is 3.34. The Morgan fingerprint density at radius 1 is 0.833 bits per heavy atom. The van der Waals surface area contributed by atoms with Crippen molar-refractivity contribution in [1.82, 2.24) is 0 Å². The maximum Gasteiger partial charge on any atom is 0.186 e. The average molecular weight is 352 g/mol. The maximum absolute atomic E-state index is 9.76. The molecule has 0 saturated carbocycles. The van der Waals surface area contributed by atoms with Gasteiger partial charge in [0.15, 0.2) is 6.29 Å². The molecule has 0 aromatic heterocycles. The van der Waals surface area contributed by atoms with Crippen molar-refractivity contribution < 1.29 is 44.1 Å². The standard InChI is InChI=1S/C15H28O9/c1-2-3-20-4-5-21-6-7-22-8-9-23-15-14(19)13(18)12(17)11(10-16)24-15/h2,11-19H,1,3-10H2/t11-,12-,13+,14-,15?/m1/s1. The summed E-state index contributed by atoms with van der Waals surface area (Å²) in [5.41, 5.74) is 0. The topological polar surface area (TPSA) is 127 Å². The second-order valence-corrected chi connectivity index (χ2v) is 5.16. The minimum Gasteiger partial charge on any atom is -0.394 e. The van der Waals surface area contributed by atoms with Crippen LogP contribution in [0.25, 0.3) is 0 Å². The number of aliphatic hydroxyl groups excluding tert-OH is 4. The summed E-state index contributed by atoms with van der Waals surface area (Å²) >= 11 is 0. The van der Waals surface area contributed by atoms with Gasteiger partial charge in [-0.05, 0) is 0 Å². The molecule has 142 valence electrons. The highest BCUT2D eigenvalue weighted by molar-refractivity contribution is 4.88. The van der Waals surface area contributed by atoms with Crippen molar-refractivity contribution in [2.24, 2.45) is 0 Å². The summed E-state index contributed by atoms with van der Waals surface area (Å²) in [7, 11) is 0. The van der Waals surface area contributed by atoms with E-state index in [1.807, 2.05) is 0 Å². The van der Waals surface area contributed by atoms with Crippen LogP contribution >= 0.6 is 0 Å². The lowest BCUT2D eigenvalue weighted by molar-refractivity contribution is -0.302. The fraction of sp³-hybridized carbons (Fsp3) is 0.867. The molecule has 1 fully saturated rings. The number of hydrogen-bond acceptors (Lipinski definition) is 9. The van der Waals surface area contributed by atoms with Crippen LogP contribution in [0.2, 0.25) is 0 Å². The van der Waals surface area contributed by atoms with E-state index < -0.39 is 37.3 Å². The molecule has 5 atom stereocenters. The molecule has 0 spiro atoms. The van der Waals surface area contributed by atoms with E-state index in [-0.39, 0.29) is 13.2 Å². The molecule has 0 aromatic rings. The molecule has 0 aromatic carbocycles. The van der Waals surface area contributed by atoms with Crippen molar-refractivity contribution in [1.29, 1.82) is 0 Å². The molecule has 24 heavy (non-hydrogen) atoms. The third kappa shape index (κ3) is 7.51. The van der Waals surface area contributed by atoms with E-state index in [1.165, 1.54) is 0 Å². The second kappa shape index (κ2) is 12.7. The molecule has 1 unspecified atom stereocenters. The van der Waals surface area contributed by atoms with Crippen molar-refractivity contribution in [3.8, 4) is 0 Å². The van der Waals surface area contributed by atoms with Crippen molar-refractivity contribution in [2.45, 2.75) is 30.7 Å². The minimum atomic E-state index is -1.45. The molecule has 9 heteroatoms. The predicted octanol–water partition coefficient (Wildman–Crippen LogP) is -1.96. The Kier molecular flexibility index (Phi) is 11.3. The van der Waals surface area contributed by atoms with Gasteiger partial charge in [-0.2, -0.15) is 0 Å². The highest BCUT2D eigenvalue weighted by atomic mass is 16.7. The van der Waals surface area contributed by atoms with Gasteiger partial charge in [0.25, 0.3) is 0 Å². The van der Waals surface area contributed by atoms with Gasteiger partial charge in [-0.25, -0.2) is 0 Å². The van der Waals surface area contributed by atoms with Crippen LogP contribution in [0.5, 0.6) is 0 Å². The highest BCUT2D eigenvalue weighted by Crippen LogP contribution is 2.21. The maximum atomic E-state index is 9.76. The first-order chi connectivity index (χ1) is 11.6. The van der Waals surface area contributed by atoms with E-state index in [1.54, 1.807) is 6.08 Å². The monoisotopic (exact) mass is 352 g/mol. The van der Waals surface area contributed by atoms with Gasteiger partial charge in [-0.3, -0.25) is 0 Å². The fourth-order valence-electron chi connectivity index (χ4n) is 2.03. The van der Waals surface area contributed by atoms with Crippen molar-refractivity contribution in [3.05, 3.63) is 12.7 Å². The number of rotatable bonds is 13. The van der Waals surface area contributed by atoms with Gasteiger partial charge in [0.2, 0.25) is 0 Å². The second-order valence-electron chi connectivity index (χ2n) is 5.16. The van der Waals surface area contributed by atoms with Crippen LogP contribution in [-0.4, -0.2) is 104 Å². The summed E-state index contributed by atoms with van der Waals surface area (Å²) in [6, 6.07) is 0. The lowest BCUT2D eigenvalue weighted by Gasteiger charge is -2.39. The van der Waals surface area contributed by atoms with Gasteiger partial charge >= 0.3 is 0 Å². The molecule has 1 heterocycles. The lowest BCUT2D eigenvalue weighted by atomic mass is 9.99. The Morgan fingerprint density at radius 2 is 1.42 bits per heavy atom. The van der Waals surface area contributed by atoms with Gasteiger partial charge in [0.05, 0.1) is 52.9 Å². The first-order valence-corrected chi connectivity index (χ1v) is 7.88. The summed E-state index contributed by atoms with van der Waals surface area (Å²) in [5, 5.41) is 38.1. The number of ether oxygens (including phenoxy) is 5. The van der Waals surface area contributed by atoms with Crippen LogP contribution in [0.15, 0.2) is 12.7 Å². The van der Waals surface area contributed by atoms with E-state index in [0.29, 0.717) is 33.0 Å². The van der Waals surface area contributed by atoms with E-state index in [2.05, 4.69) is 6.58 Å². The van der Waals surface area contributed by atoms with Gasteiger partial charge < -0.3 is 44.1 Å². The van der Waals surface area contributed by atoms with E-state index >= 15 is 0 Å². The minimum absolute atomic E-state index is 0.116. The van der Waals surface area contributed by atoms with E-state index in [9.17, 15) is 15.3 Å². The number of aliphatic hydroxyl groups is 4. The van der Waals surface area contributed by atoms with Crippen molar-refractivity contribution >= 4 is 0 Å². The van der Waals surface area contributed by atoms with Gasteiger partial charge in [-0.15, -0.1) is 6.58 Å². The number of hydrogen-bond donors (Lipinski definition) is 4. The molecule has 0 bridgehead atoms. The molecular formula is C15H28O9. The zero-order valence-electron chi connectivity index (χ0n) is 13.7. The molecule has 0 aliphatic carbocycles. The lowest BCUT2D eigenvalue weighted by Crippen LogP contribution is -2.59. The average Bonchev–Trinajstić information content (AvgIpc) is 2.59. The Bertz CT molecular complexity index is 326. The summed E-state index contributed by atoms with van der Waals surface area (Å²) in [4.78, 5) is 0. The van der Waals surface area contributed by atoms with Crippen LogP contribution in [-0.2, 0) is 23.7 Å². The Balaban J connectivity index is 2.03. The van der Waals surface area contributed by atoms with Crippen LogP contribution in [0, 0.1) is 0 Å². The van der Waals surface area contributed by atoms with E-state index in [4.69, 9.17) is 28.8 Å². The largest absolute Gasteiger partial charge is 0.394 e. The molecule has 1 aliphatic heterocycles. The highest BCUT2D eigenvalue weighted by Gasteiger charge is 2.43. The molecule has 1 aliphatic rings. The van der Waals surface area contributed by atoms with E-state index in [0.717, 1.165) is 0 Å². The Labute approximate surface area is 141 Å². The summed E-state index contributed by atoms with van der Waals surface area (Å²) in [5.74, 6) is 0. The molecule has 0 radical (unpaired) electrons. The van der Waals surface area contributed by atoms with Gasteiger partial charge in [0, 0.05) is 0 Å². The molecule has 9 nitrogen and oxygen atoms in total. The first kappa shape index (κ1) is 21.4. The molecular weight excluding hydrogens is 324 g/mol. The van der Waals surface area contributed by atoms with Crippen LogP contribution in [0.1, 0.15) is 0 Å². The quantitative estimate of drug-likeness (QED) is 0.221. The predicted molar refractivity (Wildman–Crippen MR) is 82.4 cm³/mol. The van der Waals surface area contributed by atoms with Gasteiger partial charge in [-0.1, -0.05) is 6.08 Å². The molecule has 1 rings (SSSR count). The molecule has 4 N–H and O–H groups in total. The van der Waals surface area contributed by atoms with Crippen LogP contribution < -0.4 is 0 Å². The zero-order chi connectivity index (χ0) is 17.8. The normalized spacial score (nSPS) is 30.4. The Morgan fingerprint density at radius 3 is 2.00 bits per heavy atom. The molecule has 0 amide bonds. The smallest absolute Gasteiger partial charge is 0.186 e. The van der Waals surface area contributed by atoms with Crippen LogP contribution in [0.3, 0.4) is 0 Å². The fourth-order valence-corrected chi connectivity index (χ4v) is 2.03. The third-order valence-electron chi connectivity index (χ3n) is 3.34. The molecule has 1 saturated heterocycles. The summed E-state index contributed by atoms with van der Waals surface area (Å²) in [6.07, 6.45) is -4.69. The van der Waals surface area contributed by atoms with Gasteiger partial charge in [0.1, 0.15) is 24.4 Å². The first-order valence-electron chi connectivity index (χ1n) is 7.88. The summed E-state index contributed by atoms with van der Waals surface area (Å²) in [6.45, 7) is 5.64. The van der Waals surface area contributed by atoms with Crippen molar-refractivity contribution in [2.75, 3.05) is 52.9 Å².